The Bertz CT molecular complexity index is 1170. The van der Waals surface area contributed by atoms with Crippen molar-refractivity contribution >= 4 is 28.6 Å². The van der Waals surface area contributed by atoms with Crippen molar-refractivity contribution in [1.29, 1.82) is 0 Å². The Kier molecular flexibility index (Phi) is 6.78. The van der Waals surface area contributed by atoms with Crippen LogP contribution in [0.2, 0.25) is 0 Å². The maximum atomic E-state index is 13.6. The van der Waals surface area contributed by atoms with Crippen LogP contribution >= 0.6 is 11.8 Å². The summed E-state index contributed by atoms with van der Waals surface area (Å²) in [7, 11) is 0. The lowest BCUT2D eigenvalue weighted by Crippen LogP contribution is -2.41. The van der Waals surface area contributed by atoms with Gasteiger partial charge in [-0.3, -0.25) is 14.2 Å². The van der Waals surface area contributed by atoms with Crippen molar-refractivity contribution in [3.8, 4) is 5.69 Å². The molecule has 0 unspecified atom stereocenters. The van der Waals surface area contributed by atoms with Crippen LogP contribution in [0, 0.1) is 0 Å². The first kappa shape index (κ1) is 22.2. The highest BCUT2D eigenvalue weighted by Crippen LogP contribution is 2.28. The number of piperidine rings is 1. The van der Waals surface area contributed by atoms with Gasteiger partial charge in [-0.15, -0.1) is 0 Å². The molecule has 33 heavy (non-hydrogen) atoms. The molecule has 0 bridgehead atoms. The lowest BCUT2D eigenvalue weighted by molar-refractivity contribution is -0.127. The van der Waals surface area contributed by atoms with E-state index in [2.05, 4.69) is 4.90 Å². The molecule has 2 fully saturated rings. The van der Waals surface area contributed by atoms with E-state index in [1.165, 1.54) is 19.3 Å². The molecule has 3 heterocycles. The number of thioether (sulfide) groups is 1. The van der Waals surface area contributed by atoms with E-state index in [9.17, 15) is 9.59 Å². The molecule has 0 saturated carbocycles. The summed E-state index contributed by atoms with van der Waals surface area (Å²) in [5.74, 6) is 0.242. The summed E-state index contributed by atoms with van der Waals surface area (Å²) in [6.07, 6.45) is 5.32. The Labute approximate surface area is 198 Å². The molecule has 0 radical (unpaired) electrons. The lowest BCUT2D eigenvalue weighted by atomic mass is 10.1. The van der Waals surface area contributed by atoms with Crippen LogP contribution in [0.25, 0.3) is 16.6 Å². The second-order valence-electron chi connectivity index (χ2n) is 8.93. The number of likely N-dealkylation sites (tertiary alicyclic amines) is 2. The van der Waals surface area contributed by atoms with Crippen molar-refractivity contribution in [2.24, 2.45) is 0 Å². The van der Waals surface area contributed by atoms with Gasteiger partial charge in [-0.25, -0.2) is 4.98 Å². The second kappa shape index (κ2) is 10.1. The summed E-state index contributed by atoms with van der Waals surface area (Å²) < 4.78 is 1.74. The number of hydrogen-bond acceptors (Lipinski definition) is 5. The van der Waals surface area contributed by atoms with Crippen LogP contribution in [0.1, 0.15) is 32.1 Å². The Hall–Kier alpha value is -2.64. The van der Waals surface area contributed by atoms with Gasteiger partial charge in [-0.2, -0.15) is 0 Å². The van der Waals surface area contributed by atoms with Gasteiger partial charge in [0.25, 0.3) is 5.56 Å². The van der Waals surface area contributed by atoms with E-state index in [4.69, 9.17) is 4.98 Å². The molecule has 1 atom stereocenters. The minimum Gasteiger partial charge on any atom is -0.342 e. The third kappa shape index (κ3) is 4.99. The van der Waals surface area contributed by atoms with E-state index < -0.39 is 0 Å². The van der Waals surface area contributed by atoms with E-state index >= 15 is 0 Å². The molecule has 2 aliphatic heterocycles. The number of benzene rings is 2. The van der Waals surface area contributed by atoms with Gasteiger partial charge in [0.1, 0.15) is 0 Å². The Morgan fingerprint density at radius 1 is 0.848 bits per heavy atom. The van der Waals surface area contributed by atoms with Crippen molar-refractivity contribution in [3.05, 3.63) is 65.0 Å². The largest absolute Gasteiger partial charge is 0.342 e. The molecule has 0 aliphatic carbocycles. The van der Waals surface area contributed by atoms with Gasteiger partial charge in [0, 0.05) is 31.3 Å². The molecule has 1 aromatic heterocycles. The molecular weight excluding hydrogens is 432 g/mol. The third-order valence-electron chi connectivity index (χ3n) is 6.54. The number of hydrogen-bond donors (Lipinski definition) is 0. The molecule has 6 nitrogen and oxygen atoms in total. The van der Waals surface area contributed by atoms with Crippen LogP contribution in [0.4, 0.5) is 0 Å². The standard InChI is InChI=1S/C26H30N4O2S/c31-24-14-9-17-29(24)19-21(18-28-15-7-2-8-16-28)33-26-27-23-13-6-5-12-22(23)25(32)30(26)20-10-3-1-4-11-20/h1,3-6,10-13,21H,2,7-9,14-19H2/t21-/m0/s1. The number of nitrogens with zero attached hydrogens (tertiary/aromatic N) is 4. The Morgan fingerprint density at radius 2 is 1.61 bits per heavy atom. The van der Waals surface area contributed by atoms with Crippen LogP contribution in [0.15, 0.2) is 64.5 Å². The molecule has 172 valence electrons. The van der Waals surface area contributed by atoms with Crippen LogP contribution in [0.5, 0.6) is 0 Å². The van der Waals surface area contributed by atoms with E-state index in [1.807, 2.05) is 59.5 Å². The quantitative estimate of drug-likeness (QED) is 0.393. The summed E-state index contributed by atoms with van der Waals surface area (Å²) in [5, 5.41) is 1.46. The minimum atomic E-state index is -0.0525. The van der Waals surface area contributed by atoms with E-state index in [0.29, 0.717) is 29.0 Å². The number of aromatic nitrogens is 2. The molecule has 7 heteroatoms. The van der Waals surface area contributed by atoms with Crippen molar-refractivity contribution in [2.45, 2.75) is 42.5 Å². The first-order chi connectivity index (χ1) is 16.2. The fourth-order valence-electron chi connectivity index (χ4n) is 4.85. The molecular formula is C26H30N4O2S. The number of carbonyl (C=O) groups is 1. The zero-order valence-corrected chi connectivity index (χ0v) is 19.7. The van der Waals surface area contributed by atoms with Crippen LogP contribution in [0.3, 0.4) is 0 Å². The van der Waals surface area contributed by atoms with E-state index in [-0.39, 0.29) is 16.7 Å². The third-order valence-corrected chi connectivity index (χ3v) is 7.65. The highest BCUT2D eigenvalue weighted by Gasteiger charge is 2.27. The van der Waals surface area contributed by atoms with Crippen molar-refractivity contribution in [1.82, 2.24) is 19.4 Å². The smallest absolute Gasteiger partial charge is 0.266 e. The number of carbonyl (C=O) groups excluding carboxylic acids is 1. The number of rotatable bonds is 7. The van der Waals surface area contributed by atoms with Gasteiger partial charge in [-0.05, 0) is 56.6 Å². The van der Waals surface area contributed by atoms with E-state index in [0.717, 1.165) is 38.3 Å². The predicted molar refractivity (Wildman–Crippen MR) is 133 cm³/mol. The van der Waals surface area contributed by atoms with Crippen molar-refractivity contribution in [3.63, 3.8) is 0 Å². The van der Waals surface area contributed by atoms with Gasteiger partial charge >= 0.3 is 0 Å². The fraction of sp³-hybridized carbons (Fsp3) is 0.423. The highest BCUT2D eigenvalue weighted by atomic mass is 32.2. The van der Waals surface area contributed by atoms with Crippen molar-refractivity contribution in [2.75, 3.05) is 32.7 Å². The first-order valence-electron chi connectivity index (χ1n) is 11.9. The summed E-state index contributed by atoms with van der Waals surface area (Å²) in [4.78, 5) is 35.4. The van der Waals surface area contributed by atoms with Gasteiger partial charge in [0.15, 0.2) is 5.16 Å². The lowest BCUT2D eigenvalue weighted by Gasteiger charge is -2.32. The number of fused-ring (bicyclic) bond motifs is 1. The van der Waals surface area contributed by atoms with Gasteiger partial charge < -0.3 is 9.80 Å². The monoisotopic (exact) mass is 462 g/mol. The average molecular weight is 463 g/mol. The molecule has 2 saturated heterocycles. The molecule has 3 aromatic rings. The molecule has 2 aromatic carbocycles. The van der Waals surface area contributed by atoms with Gasteiger partial charge in [0.05, 0.1) is 16.6 Å². The Balaban J connectivity index is 1.53. The average Bonchev–Trinajstić information content (AvgIpc) is 3.24. The fourth-order valence-corrected chi connectivity index (χ4v) is 6.13. The highest BCUT2D eigenvalue weighted by molar-refractivity contribution is 7.99. The molecule has 2 aliphatic rings. The summed E-state index contributed by atoms with van der Waals surface area (Å²) in [6.45, 7) is 4.61. The Morgan fingerprint density at radius 3 is 2.36 bits per heavy atom. The topological polar surface area (TPSA) is 58.4 Å². The number of para-hydroxylation sites is 2. The van der Waals surface area contributed by atoms with Crippen LogP contribution in [-0.2, 0) is 4.79 Å². The molecule has 0 spiro atoms. The number of amides is 1. The molecule has 0 N–H and O–H groups in total. The summed E-state index contributed by atoms with van der Waals surface area (Å²) in [6, 6.07) is 17.3. The van der Waals surface area contributed by atoms with Crippen LogP contribution in [-0.4, -0.2) is 63.2 Å². The zero-order chi connectivity index (χ0) is 22.6. The van der Waals surface area contributed by atoms with E-state index in [1.54, 1.807) is 16.3 Å². The summed E-state index contributed by atoms with van der Waals surface area (Å²) >= 11 is 1.64. The SMILES string of the molecule is O=C1CCCN1C[C@H](CN1CCCCC1)Sc1nc2ccccc2c(=O)n1-c1ccccc1. The maximum absolute atomic E-state index is 13.6. The first-order valence-corrected chi connectivity index (χ1v) is 12.8. The maximum Gasteiger partial charge on any atom is 0.266 e. The van der Waals surface area contributed by atoms with Gasteiger partial charge in [0.2, 0.25) is 5.91 Å². The molecule has 5 rings (SSSR count). The summed E-state index contributed by atoms with van der Waals surface area (Å²) in [5.41, 5.74) is 1.48. The minimum absolute atomic E-state index is 0.0525. The molecule has 1 amide bonds. The normalized spacial score (nSPS) is 18.2. The second-order valence-corrected chi connectivity index (χ2v) is 10.2. The van der Waals surface area contributed by atoms with Crippen molar-refractivity contribution < 1.29 is 4.79 Å². The predicted octanol–water partition coefficient (Wildman–Crippen LogP) is 3.95. The zero-order valence-electron chi connectivity index (χ0n) is 18.9. The van der Waals surface area contributed by atoms with Crippen LogP contribution < -0.4 is 5.56 Å². The van der Waals surface area contributed by atoms with Gasteiger partial charge in [-0.1, -0.05) is 48.5 Å².